The van der Waals surface area contributed by atoms with Gasteiger partial charge in [-0.2, -0.15) is 4.37 Å². The van der Waals surface area contributed by atoms with Crippen molar-refractivity contribution in [3.63, 3.8) is 0 Å². The number of rotatable bonds is 3. The maximum atomic E-state index is 16.3. The number of piperazine rings is 1. The third-order valence-electron chi connectivity index (χ3n) is 6.47. The van der Waals surface area contributed by atoms with E-state index < -0.39 is 23.1 Å². The van der Waals surface area contributed by atoms with Gasteiger partial charge in [0.15, 0.2) is 5.82 Å². The fraction of sp³-hybridized carbons (Fsp3) is 0.400. The second kappa shape index (κ2) is 11.2. The summed E-state index contributed by atoms with van der Waals surface area (Å²) in [6, 6.07) is 10.8. The molecule has 1 fully saturated rings. The molecule has 1 aliphatic heterocycles. The molecule has 0 aliphatic carbocycles. The van der Waals surface area contributed by atoms with Gasteiger partial charge >= 0.3 is 12.2 Å². The van der Waals surface area contributed by atoms with Gasteiger partial charge in [0.25, 0.3) is 0 Å². The number of carbonyl (C=O) groups excluding carboxylic acids is 2. The lowest BCUT2D eigenvalue weighted by Gasteiger charge is -2.36. The molecule has 0 unspecified atom stereocenters. The summed E-state index contributed by atoms with van der Waals surface area (Å²) in [5, 5.41) is 5.59. The Bertz CT molecular complexity index is 1670. The molecular weight excluding hydrogens is 581 g/mol. The van der Waals surface area contributed by atoms with E-state index >= 15 is 4.39 Å². The molecular formula is C30H33ClFN5O4S. The predicted octanol–water partition coefficient (Wildman–Crippen LogP) is 7.71. The highest BCUT2D eigenvalue weighted by Gasteiger charge is 2.29. The number of fused-ring (bicyclic) bond motifs is 2. The van der Waals surface area contributed by atoms with Crippen molar-refractivity contribution in [3.05, 3.63) is 47.2 Å². The first-order chi connectivity index (χ1) is 19.7. The summed E-state index contributed by atoms with van der Waals surface area (Å²) in [5.41, 5.74) is -0.710. The average Bonchev–Trinajstić information content (AvgIpc) is 3.30. The van der Waals surface area contributed by atoms with Crippen LogP contribution in [0.15, 0.2) is 36.4 Å². The van der Waals surface area contributed by atoms with Crippen molar-refractivity contribution >= 4 is 67.8 Å². The van der Waals surface area contributed by atoms with E-state index in [4.69, 9.17) is 21.1 Å². The van der Waals surface area contributed by atoms with Crippen LogP contribution < -0.4 is 10.2 Å². The minimum absolute atomic E-state index is 0.0970. The van der Waals surface area contributed by atoms with E-state index in [1.165, 1.54) is 11.5 Å². The van der Waals surface area contributed by atoms with Crippen molar-refractivity contribution in [1.82, 2.24) is 14.3 Å². The van der Waals surface area contributed by atoms with Crippen LogP contribution >= 0.6 is 23.1 Å². The van der Waals surface area contributed by atoms with Gasteiger partial charge in [0, 0.05) is 37.0 Å². The highest BCUT2D eigenvalue weighted by Crippen LogP contribution is 2.42. The van der Waals surface area contributed by atoms with Gasteiger partial charge in [0.1, 0.15) is 27.5 Å². The summed E-state index contributed by atoms with van der Waals surface area (Å²) in [6.45, 7) is 12.8. The van der Waals surface area contributed by atoms with E-state index in [1.807, 2.05) is 45.0 Å². The quantitative estimate of drug-likeness (QED) is 0.253. The van der Waals surface area contributed by atoms with Crippen LogP contribution in [-0.4, -0.2) is 63.8 Å². The first-order valence-electron chi connectivity index (χ1n) is 13.6. The van der Waals surface area contributed by atoms with Crippen LogP contribution in [0.25, 0.3) is 32.9 Å². The zero-order chi connectivity index (χ0) is 30.4. The van der Waals surface area contributed by atoms with Crippen LogP contribution in [0, 0.1) is 5.82 Å². The summed E-state index contributed by atoms with van der Waals surface area (Å²) in [5.74, 6) is -0.394. The average molecular weight is 614 g/mol. The number of nitrogens with one attached hydrogen (secondary N) is 1. The van der Waals surface area contributed by atoms with Gasteiger partial charge in [0.05, 0.1) is 16.3 Å². The highest BCUT2D eigenvalue weighted by molar-refractivity contribution is 7.11. The molecule has 5 rings (SSSR count). The minimum atomic E-state index is -0.699. The van der Waals surface area contributed by atoms with E-state index in [0.717, 1.165) is 10.4 Å². The van der Waals surface area contributed by atoms with Crippen LogP contribution in [-0.2, 0) is 9.47 Å². The first-order valence-corrected chi connectivity index (χ1v) is 14.8. The molecule has 1 saturated heterocycles. The number of anilines is 2. The molecule has 12 heteroatoms. The standard InChI is InChI=1S/C30H33ClFN5O4S/c1-29(2,3)40-27(38)34-21-15-17-9-7-8-10-18(17)24(33-21)22-20(31)16-19-25(23(22)32)35-42-26(19)36-11-13-37(14-12-36)28(39)41-30(4,5)6/h7-10,15-16H,11-14H2,1-6H3,(H,33,34,38). The van der Waals surface area contributed by atoms with Gasteiger partial charge in [-0.15, -0.1) is 0 Å². The van der Waals surface area contributed by atoms with Gasteiger partial charge in [-0.1, -0.05) is 35.9 Å². The molecule has 0 spiro atoms. The van der Waals surface area contributed by atoms with E-state index in [-0.39, 0.29) is 33.7 Å². The second-order valence-electron chi connectivity index (χ2n) is 12.1. The number of halogens is 2. The van der Waals surface area contributed by atoms with Gasteiger partial charge in [-0.05, 0) is 70.6 Å². The summed E-state index contributed by atoms with van der Waals surface area (Å²) < 4.78 is 31.6. The van der Waals surface area contributed by atoms with Crippen molar-refractivity contribution in [1.29, 1.82) is 0 Å². The monoisotopic (exact) mass is 613 g/mol. The summed E-state index contributed by atoms with van der Waals surface area (Å²) in [6.07, 6.45) is -1.02. The number of hydrogen-bond acceptors (Lipinski definition) is 8. The lowest BCUT2D eigenvalue weighted by molar-refractivity contribution is 0.0240. The van der Waals surface area contributed by atoms with Crippen LogP contribution in [0.3, 0.4) is 0 Å². The molecule has 0 radical (unpaired) electrons. The number of nitrogens with zero attached hydrogens (tertiary/aromatic N) is 4. The van der Waals surface area contributed by atoms with Gasteiger partial charge < -0.3 is 19.3 Å². The number of pyridine rings is 1. The predicted molar refractivity (Wildman–Crippen MR) is 165 cm³/mol. The fourth-order valence-corrected chi connectivity index (χ4v) is 5.91. The second-order valence-corrected chi connectivity index (χ2v) is 13.2. The zero-order valence-corrected chi connectivity index (χ0v) is 26.0. The molecule has 1 aliphatic rings. The van der Waals surface area contributed by atoms with Gasteiger partial charge in [-0.25, -0.2) is 19.0 Å². The topological polar surface area (TPSA) is 96.9 Å². The zero-order valence-electron chi connectivity index (χ0n) is 24.4. The molecule has 2 aromatic carbocycles. The van der Waals surface area contributed by atoms with Crippen LogP contribution in [0.4, 0.5) is 24.8 Å². The smallest absolute Gasteiger partial charge is 0.413 e. The number of hydrogen-bond donors (Lipinski definition) is 1. The van der Waals surface area contributed by atoms with Crippen molar-refractivity contribution in [2.75, 3.05) is 36.4 Å². The van der Waals surface area contributed by atoms with E-state index in [9.17, 15) is 9.59 Å². The van der Waals surface area contributed by atoms with E-state index in [0.29, 0.717) is 37.0 Å². The Morgan fingerprint density at radius 3 is 2.31 bits per heavy atom. The molecule has 2 aromatic heterocycles. The first kappa shape index (κ1) is 29.8. The van der Waals surface area contributed by atoms with Crippen LogP contribution in [0.5, 0.6) is 0 Å². The number of ether oxygens (including phenoxy) is 2. The molecule has 222 valence electrons. The third kappa shape index (κ3) is 6.37. The Morgan fingerprint density at radius 1 is 0.976 bits per heavy atom. The molecule has 2 amide bonds. The van der Waals surface area contributed by atoms with Crippen molar-refractivity contribution < 1.29 is 23.5 Å². The Labute approximate surface area is 252 Å². The maximum Gasteiger partial charge on any atom is 0.413 e. The van der Waals surface area contributed by atoms with Crippen LogP contribution in [0.1, 0.15) is 41.5 Å². The number of carbonyl (C=O) groups is 2. The Kier molecular flexibility index (Phi) is 7.93. The van der Waals surface area contributed by atoms with Crippen LogP contribution in [0.2, 0.25) is 5.02 Å². The fourth-order valence-electron chi connectivity index (χ4n) is 4.72. The highest BCUT2D eigenvalue weighted by atomic mass is 35.5. The molecule has 4 aromatic rings. The lowest BCUT2D eigenvalue weighted by atomic mass is 10.0. The third-order valence-corrected chi connectivity index (χ3v) is 7.69. The minimum Gasteiger partial charge on any atom is -0.444 e. The molecule has 0 atom stereocenters. The molecule has 0 saturated carbocycles. The SMILES string of the molecule is CC(C)(C)OC(=O)Nc1cc2ccccc2c(-c2c(Cl)cc3c(N4CCN(C(=O)OC(C)(C)C)CC4)snc3c2F)n1. The van der Waals surface area contributed by atoms with Crippen molar-refractivity contribution in [2.24, 2.45) is 0 Å². The largest absolute Gasteiger partial charge is 0.444 e. The van der Waals surface area contributed by atoms with Gasteiger partial charge in [0.2, 0.25) is 0 Å². The molecule has 3 heterocycles. The van der Waals surface area contributed by atoms with E-state index in [1.54, 1.807) is 37.8 Å². The van der Waals surface area contributed by atoms with Crippen molar-refractivity contribution in [3.8, 4) is 11.3 Å². The number of benzene rings is 2. The molecule has 0 bridgehead atoms. The van der Waals surface area contributed by atoms with Crippen molar-refractivity contribution in [2.45, 2.75) is 52.7 Å². The summed E-state index contributed by atoms with van der Waals surface area (Å²) in [7, 11) is 0. The number of amides is 2. The molecule has 1 N–H and O–H groups in total. The lowest BCUT2D eigenvalue weighted by Crippen LogP contribution is -2.50. The van der Waals surface area contributed by atoms with Gasteiger partial charge in [-0.3, -0.25) is 5.32 Å². The maximum absolute atomic E-state index is 16.3. The Morgan fingerprint density at radius 2 is 1.64 bits per heavy atom. The summed E-state index contributed by atoms with van der Waals surface area (Å²) >= 11 is 7.96. The van der Waals surface area contributed by atoms with E-state index in [2.05, 4.69) is 19.6 Å². The molecule has 9 nitrogen and oxygen atoms in total. The number of aromatic nitrogens is 2. The Balaban J connectivity index is 1.48. The summed E-state index contributed by atoms with van der Waals surface area (Å²) in [4.78, 5) is 33.3. The molecule has 42 heavy (non-hydrogen) atoms. The normalized spacial score (nSPS) is 14.4. The Hall–Kier alpha value is -3.70.